The van der Waals surface area contributed by atoms with Crippen molar-refractivity contribution in [3.8, 4) is 28.3 Å². The first-order valence-corrected chi connectivity index (χ1v) is 9.46. The summed E-state index contributed by atoms with van der Waals surface area (Å²) in [5.74, 6) is 1.52. The van der Waals surface area contributed by atoms with Crippen LogP contribution in [0.5, 0.6) is 5.75 Å². The largest absolute Gasteiger partial charge is 0.497 e. The lowest BCUT2D eigenvalue weighted by Crippen LogP contribution is -1.99. The van der Waals surface area contributed by atoms with Gasteiger partial charge in [-0.1, -0.05) is 60.7 Å². The van der Waals surface area contributed by atoms with Gasteiger partial charge in [0.15, 0.2) is 5.82 Å². The first kappa shape index (κ1) is 18.8. The molecule has 0 aliphatic heterocycles. The lowest BCUT2D eigenvalue weighted by atomic mass is 9.98. The lowest BCUT2D eigenvalue weighted by Gasteiger charge is -2.09. The van der Waals surface area contributed by atoms with Crippen LogP contribution < -0.4 is 4.74 Å². The zero-order valence-corrected chi connectivity index (χ0v) is 16.2. The third-order valence-corrected chi connectivity index (χ3v) is 4.76. The van der Waals surface area contributed by atoms with Crippen molar-refractivity contribution in [3.05, 3.63) is 83.9 Å². The minimum Gasteiger partial charge on any atom is -0.497 e. The Labute approximate surface area is 169 Å². The van der Waals surface area contributed by atoms with E-state index < -0.39 is 0 Å². The van der Waals surface area contributed by atoms with Gasteiger partial charge in [-0.25, -0.2) is 5.10 Å². The van der Waals surface area contributed by atoms with Crippen LogP contribution in [0.15, 0.2) is 72.8 Å². The maximum absolute atomic E-state index is 5.81. The second kappa shape index (κ2) is 9.12. The average molecular weight is 386 g/mol. The maximum Gasteiger partial charge on any atom is 0.180 e. The van der Waals surface area contributed by atoms with Crippen molar-refractivity contribution in [2.75, 3.05) is 13.7 Å². The summed E-state index contributed by atoms with van der Waals surface area (Å²) in [6.45, 7) is 1.27. The topological polar surface area (TPSA) is 72.9 Å². The molecule has 0 saturated heterocycles. The molecule has 3 aromatic carbocycles. The van der Waals surface area contributed by atoms with E-state index in [2.05, 4.69) is 51.0 Å². The van der Waals surface area contributed by atoms with Crippen LogP contribution >= 0.6 is 0 Å². The third kappa shape index (κ3) is 4.67. The smallest absolute Gasteiger partial charge is 0.180 e. The van der Waals surface area contributed by atoms with Crippen molar-refractivity contribution in [1.29, 1.82) is 0 Å². The van der Waals surface area contributed by atoms with Gasteiger partial charge < -0.3 is 9.47 Å². The van der Waals surface area contributed by atoms with Crippen LogP contribution in [0.1, 0.15) is 11.1 Å². The summed E-state index contributed by atoms with van der Waals surface area (Å²) in [4.78, 5) is 0. The Morgan fingerprint density at radius 3 is 2.24 bits per heavy atom. The Kier molecular flexibility index (Phi) is 5.92. The van der Waals surface area contributed by atoms with E-state index in [0.29, 0.717) is 19.0 Å². The predicted octanol–water partition coefficient (Wildman–Crippen LogP) is 4.30. The molecule has 0 atom stereocenters. The molecule has 6 heteroatoms. The highest BCUT2D eigenvalue weighted by atomic mass is 16.5. The second-order valence-electron chi connectivity index (χ2n) is 6.64. The molecular formula is C23H22N4O2. The van der Waals surface area contributed by atoms with Crippen molar-refractivity contribution in [1.82, 2.24) is 20.6 Å². The van der Waals surface area contributed by atoms with Crippen molar-refractivity contribution < 1.29 is 9.47 Å². The number of rotatable bonds is 8. The average Bonchev–Trinajstić information content (AvgIpc) is 3.32. The normalized spacial score (nSPS) is 10.8. The van der Waals surface area contributed by atoms with Gasteiger partial charge in [0, 0.05) is 5.56 Å². The fourth-order valence-electron chi connectivity index (χ4n) is 3.17. The number of ether oxygens (including phenoxy) is 2. The monoisotopic (exact) mass is 386 g/mol. The number of nitrogens with zero attached hydrogens (tertiary/aromatic N) is 3. The van der Waals surface area contributed by atoms with Crippen LogP contribution in [0.4, 0.5) is 0 Å². The molecule has 0 radical (unpaired) electrons. The molecule has 1 heterocycles. The van der Waals surface area contributed by atoms with Gasteiger partial charge in [-0.2, -0.15) is 0 Å². The molecule has 0 bridgehead atoms. The van der Waals surface area contributed by atoms with Gasteiger partial charge >= 0.3 is 0 Å². The minimum absolute atomic E-state index is 0.598. The lowest BCUT2D eigenvalue weighted by molar-refractivity contribution is 0.124. The van der Waals surface area contributed by atoms with Crippen LogP contribution in [-0.2, 0) is 17.8 Å². The SMILES string of the molecule is COc1ccc(COCCc2ccc(-c3ccccc3-c3nnn[nH]3)cc2)cc1. The van der Waals surface area contributed by atoms with Gasteiger partial charge in [-0.3, -0.25) is 0 Å². The van der Waals surface area contributed by atoms with Gasteiger partial charge in [0.05, 0.1) is 20.3 Å². The summed E-state index contributed by atoms with van der Waals surface area (Å²) < 4.78 is 11.0. The summed E-state index contributed by atoms with van der Waals surface area (Å²) in [6, 6.07) is 24.6. The van der Waals surface area contributed by atoms with E-state index in [1.807, 2.05) is 42.5 Å². The molecule has 1 N–H and O–H groups in total. The molecular weight excluding hydrogens is 364 g/mol. The first-order valence-electron chi connectivity index (χ1n) is 9.46. The van der Waals surface area contributed by atoms with Gasteiger partial charge in [0.1, 0.15) is 5.75 Å². The third-order valence-electron chi connectivity index (χ3n) is 4.76. The Morgan fingerprint density at radius 2 is 1.55 bits per heavy atom. The number of hydrogen-bond donors (Lipinski definition) is 1. The number of H-pyrrole nitrogens is 1. The summed E-state index contributed by atoms with van der Waals surface area (Å²) in [5.41, 5.74) is 5.57. The maximum atomic E-state index is 5.81. The Balaban J connectivity index is 1.35. The van der Waals surface area contributed by atoms with Crippen molar-refractivity contribution in [2.45, 2.75) is 13.0 Å². The van der Waals surface area contributed by atoms with E-state index in [0.717, 1.165) is 34.4 Å². The van der Waals surface area contributed by atoms with Crippen molar-refractivity contribution in [3.63, 3.8) is 0 Å². The molecule has 0 unspecified atom stereocenters. The van der Waals surface area contributed by atoms with E-state index in [1.54, 1.807) is 7.11 Å². The van der Waals surface area contributed by atoms with Crippen molar-refractivity contribution >= 4 is 0 Å². The highest BCUT2D eigenvalue weighted by Gasteiger charge is 2.09. The standard InChI is InChI=1S/C23H22N4O2/c1-28-20-12-8-18(9-13-20)16-29-15-14-17-6-10-19(11-7-17)21-4-2-3-5-22(21)23-24-26-27-25-23/h2-13H,14-16H2,1H3,(H,24,25,26,27). The second-order valence-corrected chi connectivity index (χ2v) is 6.64. The molecule has 0 fully saturated rings. The van der Waals surface area contributed by atoms with Crippen LogP contribution in [0.25, 0.3) is 22.5 Å². The van der Waals surface area contributed by atoms with E-state index in [4.69, 9.17) is 9.47 Å². The zero-order valence-electron chi connectivity index (χ0n) is 16.2. The summed E-state index contributed by atoms with van der Waals surface area (Å²) >= 11 is 0. The number of tetrazole rings is 1. The molecule has 6 nitrogen and oxygen atoms in total. The molecule has 0 spiro atoms. The number of aromatic nitrogens is 4. The molecule has 4 rings (SSSR count). The molecule has 4 aromatic rings. The number of methoxy groups -OCH3 is 1. The number of benzene rings is 3. The van der Waals surface area contributed by atoms with Gasteiger partial charge in [0.2, 0.25) is 0 Å². The molecule has 0 aliphatic rings. The van der Waals surface area contributed by atoms with Crippen LogP contribution in [0.2, 0.25) is 0 Å². The molecule has 0 saturated carbocycles. The first-order chi connectivity index (χ1) is 14.3. The Bertz CT molecular complexity index is 1030. The van der Waals surface area contributed by atoms with Gasteiger partial charge in [-0.05, 0) is 51.2 Å². The van der Waals surface area contributed by atoms with Crippen LogP contribution in [0.3, 0.4) is 0 Å². The van der Waals surface area contributed by atoms with E-state index in [-0.39, 0.29) is 0 Å². The number of aromatic amines is 1. The van der Waals surface area contributed by atoms with Crippen LogP contribution in [-0.4, -0.2) is 34.3 Å². The van der Waals surface area contributed by atoms with E-state index >= 15 is 0 Å². The molecule has 0 amide bonds. The molecule has 29 heavy (non-hydrogen) atoms. The van der Waals surface area contributed by atoms with Gasteiger partial charge in [-0.15, -0.1) is 5.10 Å². The van der Waals surface area contributed by atoms with E-state index in [1.165, 1.54) is 5.56 Å². The Morgan fingerprint density at radius 1 is 0.828 bits per heavy atom. The number of hydrogen-bond acceptors (Lipinski definition) is 5. The highest BCUT2D eigenvalue weighted by molar-refractivity contribution is 5.80. The van der Waals surface area contributed by atoms with E-state index in [9.17, 15) is 0 Å². The minimum atomic E-state index is 0.598. The van der Waals surface area contributed by atoms with Crippen LogP contribution in [0, 0.1) is 0 Å². The molecule has 0 aliphatic carbocycles. The summed E-state index contributed by atoms with van der Waals surface area (Å²) in [6.07, 6.45) is 0.865. The fraction of sp³-hybridized carbons (Fsp3) is 0.174. The molecule has 146 valence electrons. The number of nitrogens with one attached hydrogen (secondary N) is 1. The van der Waals surface area contributed by atoms with Crippen molar-refractivity contribution in [2.24, 2.45) is 0 Å². The predicted molar refractivity (Wildman–Crippen MR) is 111 cm³/mol. The summed E-state index contributed by atoms with van der Waals surface area (Å²) in [5, 5.41) is 14.2. The molecule has 1 aromatic heterocycles. The quantitative estimate of drug-likeness (QED) is 0.457. The van der Waals surface area contributed by atoms with Gasteiger partial charge in [0.25, 0.3) is 0 Å². The zero-order chi connectivity index (χ0) is 19.9. The highest BCUT2D eigenvalue weighted by Crippen LogP contribution is 2.29. The summed E-state index contributed by atoms with van der Waals surface area (Å²) in [7, 11) is 1.67. The Hall–Kier alpha value is -3.51. The fourth-order valence-corrected chi connectivity index (χ4v) is 3.17.